The number of rotatable bonds is 3. The van der Waals surface area contributed by atoms with Gasteiger partial charge in [-0.05, 0) is 25.3 Å². The molecule has 0 spiro atoms. The molecule has 0 aromatic carbocycles. The predicted molar refractivity (Wildman–Crippen MR) is 67.9 cm³/mol. The fourth-order valence-corrected chi connectivity index (χ4v) is 2.53. The summed E-state index contributed by atoms with van der Waals surface area (Å²) in [5.41, 5.74) is 1.65. The molecule has 5 nitrogen and oxygen atoms in total. The highest BCUT2D eigenvalue weighted by Crippen LogP contribution is 2.32. The third kappa shape index (κ3) is 2.18. The van der Waals surface area contributed by atoms with Crippen LogP contribution >= 0.6 is 0 Å². The van der Waals surface area contributed by atoms with Crippen LogP contribution in [0.15, 0.2) is 12.3 Å². The first-order valence-corrected chi connectivity index (χ1v) is 6.12. The van der Waals surface area contributed by atoms with E-state index in [1.54, 1.807) is 6.07 Å². The molecule has 5 heteroatoms. The van der Waals surface area contributed by atoms with Gasteiger partial charge in [0, 0.05) is 18.4 Å². The highest BCUT2D eigenvalue weighted by molar-refractivity contribution is 5.94. The summed E-state index contributed by atoms with van der Waals surface area (Å²) in [4.78, 5) is 17.3. The monoisotopic (exact) mass is 250 g/mol. The summed E-state index contributed by atoms with van der Waals surface area (Å²) in [6.07, 6.45) is 2.36. The first-order valence-electron chi connectivity index (χ1n) is 6.12. The smallest absolute Gasteiger partial charge is 0.339 e. The summed E-state index contributed by atoms with van der Waals surface area (Å²) in [6, 6.07) is 1.77. The third-order valence-electron chi connectivity index (χ3n) is 3.63. The molecule has 1 aromatic rings. The van der Waals surface area contributed by atoms with Crippen molar-refractivity contribution in [2.45, 2.75) is 26.3 Å². The molecule has 1 saturated heterocycles. The van der Waals surface area contributed by atoms with Gasteiger partial charge in [-0.15, -0.1) is 0 Å². The van der Waals surface area contributed by atoms with Crippen molar-refractivity contribution in [1.82, 2.24) is 4.98 Å². The standard InChI is InChI=1S/C13H18N2O3/c1-8-3-4-15(12(8)7-16)11-5-9(2)14-6-10(11)13(17)18/h5-6,8,12,16H,3-4,7H2,1-2H3,(H,17,18). The maximum Gasteiger partial charge on any atom is 0.339 e. The number of aromatic carboxylic acids is 1. The Balaban J connectivity index is 2.43. The van der Waals surface area contributed by atoms with Gasteiger partial charge in [0.15, 0.2) is 0 Å². The number of aryl methyl sites for hydroxylation is 1. The number of carboxylic acid groups (broad SMARTS) is 1. The minimum atomic E-state index is -0.978. The van der Waals surface area contributed by atoms with E-state index < -0.39 is 5.97 Å². The molecule has 1 aromatic heterocycles. The summed E-state index contributed by atoms with van der Waals surface area (Å²) in [5, 5.41) is 18.7. The van der Waals surface area contributed by atoms with Crippen LogP contribution in [0.1, 0.15) is 29.4 Å². The normalized spacial score (nSPS) is 23.4. The maximum atomic E-state index is 11.2. The predicted octanol–water partition coefficient (Wildman–Crippen LogP) is 1.30. The molecule has 2 atom stereocenters. The van der Waals surface area contributed by atoms with Crippen LogP contribution in [-0.4, -0.2) is 40.4 Å². The molecule has 2 N–H and O–H groups in total. The Morgan fingerprint density at radius 1 is 1.61 bits per heavy atom. The van der Waals surface area contributed by atoms with Crippen LogP contribution in [0, 0.1) is 12.8 Å². The third-order valence-corrected chi connectivity index (χ3v) is 3.63. The second-order valence-electron chi connectivity index (χ2n) is 4.86. The molecule has 18 heavy (non-hydrogen) atoms. The lowest BCUT2D eigenvalue weighted by Crippen LogP contribution is -2.36. The van der Waals surface area contributed by atoms with Gasteiger partial charge in [0.05, 0.1) is 18.3 Å². The Kier molecular flexibility index (Phi) is 3.52. The number of anilines is 1. The fourth-order valence-electron chi connectivity index (χ4n) is 2.53. The topological polar surface area (TPSA) is 73.7 Å². The summed E-state index contributed by atoms with van der Waals surface area (Å²) in [6.45, 7) is 4.73. The number of hydrogen-bond acceptors (Lipinski definition) is 4. The largest absolute Gasteiger partial charge is 0.478 e. The van der Waals surface area contributed by atoms with Crippen molar-refractivity contribution in [1.29, 1.82) is 0 Å². The summed E-state index contributed by atoms with van der Waals surface area (Å²) in [5.74, 6) is -0.612. The van der Waals surface area contributed by atoms with Gasteiger partial charge in [0.2, 0.25) is 0 Å². The first kappa shape index (κ1) is 12.8. The molecule has 1 fully saturated rings. The molecule has 0 saturated carbocycles. The number of pyridine rings is 1. The Labute approximate surface area is 106 Å². The molecular weight excluding hydrogens is 232 g/mol. The minimum absolute atomic E-state index is 0.00935. The summed E-state index contributed by atoms with van der Waals surface area (Å²) < 4.78 is 0. The fraction of sp³-hybridized carbons (Fsp3) is 0.538. The average Bonchev–Trinajstić information content (AvgIpc) is 2.69. The van der Waals surface area contributed by atoms with Gasteiger partial charge in [-0.25, -0.2) is 4.79 Å². The SMILES string of the molecule is Cc1cc(N2CCC(C)C2CO)c(C(=O)O)cn1. The quantitative estimate of drug-likeness (QED) is 0.845. The molecule has 2 heterocycles. The molecule has 0 aliphatic carbocycles. The van der Waals surface area contributed by atoms with Crippen molar-refractivity contribution in [3.8, 4) is 0 Å². The van der Waals surface area contributed by atoms with Crippen molar-refractivity contribution < 1.29 is 15.0 Å². The van der Waals surface area contributed by atoms with Gasteiger partial charge >= 0.3 is 5.97 Å². The number of aliphatic hydroxyl groups excluding tert-OH is 1. The molecule has 98 valence electrons. The van der Waals surface area contributed by atoms with Crippen molar-refractivity contribution in [3.05, 3.63) is 23.5 Å². The van der Waals surface area contributed by atoms with E-state index >= 15 is 0 Å². The number of aliphatic hydroxyl groups is 1. The Morgan fingerprint density at radius 2 is 2.33 bits per heavy atom. The number of aromatic nitrogens is 1. The van der Waals surface area contributed by atoms with Crippen LogP contribution in [-0.2, 0) is 0 Å². The van der Waals surface area contributed by atoms with Gasteiger partial charge in [0.25, 0.3) is 0 Å². The zero-order chi connectivity index (χ0) is 13.3. The van der Waals surface area contributed by atoms with E-state index in [0.29, 0.717) is 11.6 Å². The van der Waals surface area contributed by atoms with Gasteiger partial charge < -0.3 is 15.1 Å². The second kappa shape index (κ2) is 4.94. The number of carboxylic acids is 1. The second-order valence-corrected chi connectivity index (χ2v) is 4.86. The van der Waals surface area contributed by atoms with Gasteiger partial charge in [-0.3, -0.25) is 4.98 Å². The zero-order valence-corrected chi connectivity index (χ0v) is 10.6. The molecule has 1 aliphatic rings. The lowest BCUT2D eigenvalue weighted by Gasteiger charge is -2.28. The first-order chi connectivity index (χ1) is 8.54. The minimum Gasteiger partial charge on any atom is -0.478 e. The number of hydrogen-bond donors (Lipinski definition) is 2. The van der Waals surface area contributed by atoms with E-state index in [0.717, 1.165) is 18.7 Å². The molecule has 0 amide bonds. The van der Waals surface area contributed by atoms with Gasteiger partial charge in [-0.1, -0.05) is 6.92 Å². The van der Waals surface area contributed by atoms with Crippen molar-refractivity contribution in [3.63, 3.8) is 0 Å². The van der Waals surface area contributed by atoms with Crippen molar-refractivity contribution in [2.75, 3.05) is 18.1 Å². The van der Waals surface area contributed by atoms with Crippen LogP contribution in [0.3, 0.4) is 0 Å². The number of carbonyl (C=O) groups is 1. The Bertz CT molecular complexity index is 462. The van der Waals surface area contributed by atoms with Crippen LogP contribution in [0.4, 0.5) is 5.69 Å². The van der Waals surface area contributed by atoms with Gasteiger partial charge in [-0.2, -0.15) is 0 Å². The van der Waals surface area contributed by atoms with E-state index in [4.69, 9.17) is 0 Å². The highest BCUT2D eigenvalue weighted by Gasteiger charge is 2.32. The van der Waals surface area contributed by atoms with Crippen LogP contribution < -0.4 is 4.90 Å². The van der Waals surface area contributed by atoms with Crippen LogP contribution in [0.25, 0.3) is 0 Å². The van der Waals surface area contributed by atoms with E-state index in [9.17, 15) is 15.0 Å². The average molecular weight is 250 g/mol. The number of nitrogens with zero attached hydrogens (tertiary/aromatic N) is 2. The molecule has 2 rings (SSSR count). The molecule has 1 aliphatic heterocycles. The molecular formula is C13H18N2O3. The van der Waals surface area contributed by atoms with Crippen molar-refractivity contribution >= 4 is 11.7 Å². The lowest BCUT2D eigenvalue weighted by molar-refractivity contribution is 0.0697. The molecule has 2 unspecified atom stereocenters. The van der Waals surface area contributed by atoms with Crippen molar-refractivity contribution in [2.24, 2.45) is 5.92 Å². The van der Waals surface area contributed by atoms with Crippen LogP contribution in [0.2, 0.25) is 0 Å². The highest BCUT2D eigenvalue weighted by atomic mass is 16.4. The van der Waals surface area contributed by atoms with E-state index in [2.05, 4.69) is 11.9 Å². The van der Waals surface area contributed by atoms with E-state index in [-0.39, 0.29) is 18.2 Å². The Morgan fingerprint density at radius 3 is 2.94 bits per heavy atom. The van der Waals surface area contributed by atoms with Crippen LogP contribution in [0.5, 0.6) is 0 Å². The molecule has 0 radical (unpaired) electrons. The van der Waals surface area contributed by atoms with E-state index in [1.165, 1.54) is 6.20 Å². The van der Waals surface area contributed by atoms with E-state index in [1.807, 2.05) is 11.8 Å². The maximum absolute atomic E-state index is 11.2. The summed E-state index contributed by atoms with van der Waals surface area (Å²) in [7, 11) is 0. The summed E-state index contributed by atoms with van der Waals surface area (Å²) >= 11 is 0. The zero-order valence-electron chi connectivity index (χ0n) is 10.6. The lowest BCUT2D eigenvalue weighted by atomic mass is 10.0. The van der Waals surface area contributed by atoms with Gasteiger partial charge in [0.1, 0.15) is 5.56 Å². The molecule has 0 bridgehead atoms. The Hall–Kier alpha value is -1.62.